The molecule has 1 heterocycles. The van der Waals surface area contributed by atoms with Gasteiger partial charge in [0.2, 0.25) is 0 Å². The fourth-order valence-electron chi connectivity index (χ4n) is 1.79. The van der Waals surface area contributed by atoms with Gasteiger partial charge in [0.05, 0.1) is 23.6 Å². The third-order valence-corrected chi connectivity index (χ3v) is 2.86. The molecule has 2 aromatic rings. The zero-order valence-corrected chi connectivity index (χ0v) is 10.5. The molecule has 18 heavy (non-hydrogen) atoms. The lowest BCUT2D eigenvalue weighted by Gasteiger charge is -2.15. The number of halogens is 1. The Hall–Kier alpha value is -1.81. The highest BCUT2D eigenvalue weighted by Gasteiger charge is 2.11. The molecule has 0 saturated heterocycles. The monoisotopic (exact) mass is 245 g/mol. The normalized spacial score (nSPS) is 12.4. The van der Waals surface area contributed by atoms with Crippen molar-refractivity contribution in [3.05, 3.63) is 59.4 Å². The molecule has 0 saturated carbocycles. The zero-order chi connectivity index (χ0) is 13.0. The van der Waals surface area contributed by atoms with Crippen molar-refractivity contribution < 1.29 is 4.39 Å². The zero-order valence-electron chi connectivity index (χ0n) is 10.5. The van der Waals surface area contributed by atoms with Crippen molar-refractivity contribution in [3.63, 3.8) is 0 Å². The van der Waals surface area contributed by atoms with E-state index in [0.29, 0.717) is 0 Å². The molecular weight excluding hydrogens is 229 g/mol. The molecule has 1 aromatic carbocycles. The van der Waals surface area contributed by atoms with Crippen LogP contribution in [0.15, 0.2) is 36.7 Å². The van der Waals surface area contributed by atoms with Crippen LogP contribution in [0.5, 0.6) is 0 Å². The van der Waals surface area contributed by atoms with E-state index in [9.17, 15) is 4.39 Å². The molecule has 0 aliphatic rings. The second-order valence-corrected chi connectivity index (χ2v) is 4.25. The van der Waals surface area contributed by atoms with Crippen LogP contribution in [0.1, 0.15) is 23.0 Å². The summed E-state index contributed by atoms with van der Waals surface area (Å²) in [6.07, 6.45) is 4.29. The van der Waals surface area contributed by atoms with Gasteiger partial charge in [-0.05, 0) is 38.1 Å². The van der Waals surface area contributed by atoms with E-state index in [2.05, 4.69) is 15.3 Å². The van der Waals surface area contributed by atoms with Crippen LogP contribution in [0.3, 0.4) is 0 Å². The van der Waals surface area contributed by atoms with E-state index in [1.54, 1.807) is 24.5 Å². The van der Waals surface area contributed by atoms with Gasteiger partial charge < -0.3 is 5.32 Å². The van der Waals surface area contributed by atoms with Crippen LogP contribution in [0.4, 0.5) is 4.39 Å². The van der Waals surface area contributed by atoms with Crippen molar-refractivity contribution in [3.8, 4) is 0 Å². The fourth-order valence-corrected chi connectivity index (χ4v) is 1.79. The summed E-state index contributed by atoms with van der Waals surface area (Å²) in [7, 11) is 1.88. The quantitative estimate of drug-likeness (QED) is 0.899. The summed E-state index contributed by atoms with van der Waals surface area (Å²) in [4.78, 5) is 8.61. The maximum atomic E-state index is 12.8. The molecular formula is C14H16FN3. The Morgan fingerprint density at radius 1 is 1.17 bits per heavy atom. The average Bonchev–Trinajstić information content (AvgIpc) is 2.39. The van der Waals surface area contributed by atoms with Crippen molar-refractivity contribution in [2.24, 2.45) is 0 Å². The number of hydrogen-bond acceptors (Lipinski definition) is 3. The standard InChI is InChI=1S/C14H16FN3/c1-10-8-18-14(9-17-10)13(16-2)7-11-3-5-12(15)6-4-11/h3-6,8-9,13,16H,7H2,1-2H3. The molecule has 0 aliphatic carbocycles. The second kappa shape index (κ2) is 5.69. The number of benzene rings is 1. The predicted molar refractivity (Wildman–Crippen MR) is 68.7 cm³/mol. The largest absolute Gasteiger partial charge is 0.311 e. The lowest BCUT2D eigenvalue weighted by molar-refractivity contribution is 0.570. The molecule has 0 spiro atoms. The van der Waals surface area contributed by atoms with Gasteiger partial charge in [-0.1, -0.05) is 12.1 Å². The number of likely N-dealkylation sites (N-methyl/N-ethyl adjacent to an activating group) is 1. The van der Waals surface area contributed by atoms with Gasteiger partial charge >= 0.3 is 0 Å². The first-order valence-electron chi connectivity index (χ1n) is 5.89. The lowest BCUT2D eigenvalue weighted by atomic mass is 10.0. The molecule has 0 aliphatic heterocycles. The summed E-state index contributed by atoms with van der Waals surface area (Å²) in [6.45, 7) is 1.91. The smallest absolute Gasteiger partial charge is 0.123 e. The molecule has 0 radical (unpaired) electrons. The average molecular weight is 245 g/mol. The minimum absolute atomic E-state index is 0.0866. The first-order valence-corrected chi connectivity index (χ1v) is 5.89. The van der Waals surface area contributed by atoms with Crippen LogP contribution >= 0.6 is 0 Å². The molecule has 1 unspecified atom stereocenters. The summed E-state index contributed by atoms with van der Waals surface area (Å²) in [5, 5.41) is 3.20. The molecule has 0 fully saturated rings. The van der Waals surface area contributed by atoms with Gasteiger partial charge in [0.25, 0.3) is 0 Å². The van der Waals surface area contributed by atoms with Crippen LogP contribution in [0, 0.1) is 12.7 Å². The van der Waals surface area contributed by atoms with E-state index in [1.165, 1.54) is 12.1 Å². The minimum Gasteiger partial charge on any atom is -0.311 e. The van der Waals surface area contributed by atoms with E-state index in [-0.39, 0.29) is 11.9 Å². The first kappa shape index (κ1) is 12.6. The van der Waals surface area contributed by atoms with E-state index >= 15 is 0 Å². The number of aryl methyl sites for hydroxylation is 1. The van der Waals surface area contributed by atoms with E-state index in [4.69, 9.17) is 0 Å². The third-order valence-electron chi connectivity index (χ3n) is 2.86. The highest BCUT2D eigenvalue weighted by molar-refractivity contribution is 5.19. The Balaban J connectivity index is 2.14. The number of nitrogens with one attached hydrogen (secondary N) is 1. The summed E-state index contributed by atoms with van der Waals surface area (Å²) in [5.41, 5.74) is 2.86. The lowest BCUT2D eigenvalue weighted by Crippen LogP contribution is -2.20. The van der Waals surface area contributed by atoms with Gasteiger partial charge in [0.15, 0.2) is 0 Å². The summed E-state index contributed by atoms with van der Waals surface area (Å²) in [5.74, 6) is -0.213. The van der Waals surface area contributed by atoms with Gasteiger partial charge in [-0.2, -0.15) is 0 Å². The summed E-state index contributed by atoms with van der Waals surface area (Å²) < 4.78 is 12.8. The first-order chi connectivity index (χ1) is 8.69. The maximum absolute atomic E-state index is 12.8. The molecule has 1 N–H and O–H groups in total. The predicted octanol–water partition coefficient (Wildman–Crippen LogP) is 2.43. The molecule has 1 aromatic heterocycles. The SMILES string of the molecule is CNC(Cc1ccc(F)cc1)c1cnc(C)cn1. The van der Waals surface area contributed by atoms with Crippen molar-refractivity contribution in [2.75, 3.05) is 7.05 Å². The van der Waals surface area contributed by atoms with Gasteiger partial charge in [-0.15, -0.1) is 0 Å². The number of rotatable bonds is 4. The Morgan fingerprint density at radius 2 is 1.89 bits per heavy atom. The van der Waals surface area contributed by atoms with Gasteiger partial charge in [0.1, 0.15) is 5.82 Å². The second-order valence-electron chi connectivity index (χ2n) is 4.25. The van der Waals surface area contributed by atoms with Crippen molar-refractivity contribution >= 4 is 0 Å². The topological polar surface area (TPSA) is 37.8 Å². The summed E-state index contributed by atoms with van der Waals surface area (Å²) in [6, 6.07) is 6.62. The number of aromatic nitrogens is 2. The molecule has 4 heteroatoms. The minimum atomic E-state index is -0.213. The van der Waals surface area contributed by atoms with Gasteiger partial charge in [0, 0.05) is 6.20 Å². The Morgan fingerprint density at radius 3 is 2.44 bits per heavy atom. The molecule has 2 rings (SSSR count). The maximum Gasteiger partial charge on any atom is 0.123 e. The molecule has 94 valence electrons. The van der Waals surface area contributed by atoms with Crippen LogP contribution in [-0.4, -0.2) is 17.0 Å². The number of hydrogen-bond donors (Lipinski definition) is 1. The molecule has 0 amide bonds. The molecule has 0 bridgehead atoms. The van der Waals surface area contributed by atoms with E-state index in [1.807, 2.05) is 14.0 Å². The van der Waals surface area contributed by atoms with Crippen molar-refractivity contribution in [1.29, 1.82) is 0 Å². The van der Waals surface area contributed by atoms with Crippen LogP contribution < -0.4 is 5.32 Å². The van der Waals surface area contributed by atoms with Gasteiger partial charge in [-0.3, -0.25) is 9.97 Å². The Labute approximate surface area is 106 Å². The van der Waals surface area contributed by atoms with Crippen LogP contribution in [0.2, 0.25) is 0 Å². The fraction of sp³-hybridized carbons (Fsp3) is 0.286. The van der Waals surface area contributed by atoms with Crippen LogP contribution in [0.25, 0.3) is 0 Å². The third kappa shape index (κ3) is 3.11. The van der Waals surface area contributed by atoms with E-state index < -0.39 is 0 Å². The molecule has 1 atom stereocenters. The van der Waals surface area contributed by atoms with Crippen LogP contribution in [-0.2, 0) is 6.42 Å². The van der Waals surface area contributed by atoms with E-state index in [0.717, 1.165) is 23.4 Å². The van der Waals surface area contributed by atoms with Crippen molar-refractivity contribution in [1.82, 2.24) is 15.3 Å². The Bertz CT molecular complexity index is 493. The summed E-state index contributed by atoms with van der Waals surface area (Å²) >= 11 is 0. The highest BCUT2D eigenvalue weighted by Crippen LogP contribution is 2.16. The number of nitrogens with zero attached hydrogens (tertiary/aromatic N) is 2. The molecule has 3 nitrogen and oxygen atoms in total. The Kier molecular flexibility index (Phi) is 3.99. The highest BCUT2D eigenvalue weighted by atomic mass is 19.1. The van der Waals surface area contributed by atoms with Gasteiger partial charge in [-0.25, -0.2) is 4.39 Å². The van der Waals surface area contributed by atoms with Crippen molar-refractivity contribution in [2.45, 2.75) is 19.4 Å².